The van der Waals surface area contributed by atoms with Crippen molar-refractivity contribution in [1.29, 1.82) is 0 Å². The second kappa shape index (κ2) is 8.84. The van der Waals surface area contributed by atoms with Crippen LogP contribution in [-0.4, -0.2) is 6.04 Å². The molecular weight excluding hydrogens is 277 g/mol. The Hall–Kier alpha value is -0.240. The molecule has 3 heteroatoms. The Labute approximate surface area is 127 Å². The number of hydrogen-bond acceptors (Lipinski definition) is 1. The van der Waals surface area contributed by atoms with Crippen LogP contribution in [0.3, 0.4) is 0 Å². The average Bonchev–Trinajstić information content (AvgIpc) is 2.39. The zero-order valence-electron chi connectivity index (χ0n) is 12.2. The molecule has 1 rings (SSSR count). The lowest BCUT2D eigenvalue weighted by Gasteiger charge is -2.24. The lowest BCUT2D eigenvalue weighted by Crippen LogP contribution is -2.31. The van der Waals surface area contributed by atoms with E-state index in [1.54, 1.807) is 0 Å². The van der Waals surface area contributed by atoms with E-state index in [1.165, 1.54) is 32.1 Å². The summed E-state index contributed by atoms with van der Waals surface area (Å²) >= 11 is 12.3. The molecule has 0 fully saturated rings. The normalized spacial score (nSPS) is 14.4. The minimum Gasteiger partial charge on any atom is -0.307 e. The molecule has 1 aromatic carbocycles. The van der Waals surface area contributed by atoms with Crippen LogP contribution in [0, 0.1) is 0 Å². The van der Waals surface area contributed by atoms with Crippen molar-refractivity contribution in [1.82, 2.24) is 5.32 Å². The van der Waals surface area contributed by atoms with E-state index < -0.39 is 0 Å². The van der Waals surface area contributed by atoms with Gasteiger partial charge in [-0.2, -0.15) is 0 Å². The topological polar surface area (TPSA) is 12.0 Å². The summed E-state index contributed by atoms with van der Waals surface area (Å²) in [7, 11) is 0. The lowest BCUT2D eigenvalue weighted by atomic mass is 10.0. The highest BCUT2D eigenvalue weighted by atomic mass is 35.5. The fourth-order valence-corrected chi connectivity index (χ4v) is 2.86. The van der Waals surface area contributed by atoms with Crippen LogP contribution in [0.2, 0.25) is 10.0 Å². The van der Waals surface area contributed by atoms with Crippen molar-refractivity contribution in [2.75, 3.05) is 0 Å². The molecule has 0 bridgehead atoms. The lowest BCUT2D eigenvalue weighted by molar-refractivity contribution is 0.396. The third-order valence-corrected chi connectivity index (χ3v) is 4.03. The van der Waals surface area contributed by atoms with Gasteiger partial charge < -0.3 is 5.32 Å². The molecule has 0 aliphatic heterocycles. The summed E-state index contributed by atoms with van der Waals surface area (Å²) in [6.07, 6.45) is 6.16. The van der Waals surface area contributed by atoms with Crippen LogP contribution >= 0.6 is 23.2 Å². The van der Waals surface area contributed by atoms with E-state index in [0.29, 0.717) is 6.04 Å². The Morgan fingerprint density at radius 3 is 2.47 bits per heavy atom. The second-order valence-corrected chi connectivity index (χ2v) is 6.03. The van der Waals surface area contributed by atoms with Crippen LogP contribution < -0.4 is 5.32 Å². The van der Waals surface area contributed by atoms with Gasteiger partial charge in [0.2, 0.25) is 0 Å². The summed E-state index contributed by atoms with van der Waals surface area (Å²) in [6.45, 7) is 6.63. The van der Waals surface area contributed by atoms with Gasteiger partial charge in [-0.3, -0.25) is 0 Å². The van der Waals surface area contributed by atoms with Gasteiger partial charge in [0.25, 0.3) is 0 Å². The number of rotatable bonds is 8. The van der Waals surface area contributed by atoms with E-state index in [0.717, 1.165) is 15.6 Å². The van der Waals surface area contributed by atoms with Crippen molar-refractivity contribution in [3.8, 4) is 0 Å². The molecule has 0 saturated carbocycles. The molecule has 0 aliphatic carbocycles. The molecule has 0 aliphatic rings. The monoisotopic (exact) mass is 301 g/mol. The molecule has 0 radical (unpaired) electrons. The van der Waals surface area contributed by atoms with Crippen molar-refractivity contribution in [3.63, 3.8) is 0 Å². The van der Waals surface area contributed by atoms with Crippen molar-refractivity contribution < 1.29 is 0 Å². The summed E-state index contributed by atoms with van der Waals surface area (Å²) in [5.74, 6) is 0. The average molecular weight is 302 g/mol. The molecule has 108 valence electrons. The van der Waals surface area contributed by atoms with Crippen molar-refractivity contribution in [2.24, 2.45) is 0 Å². The van der Waals surface area contributed by atoms with Gasteiger partial charge in [-0.25, -0.2) is 0 Å². The maximum absolute atomic E-state index is 6.26. The van der Waals surface area contributed by atoms with E-state index in [9.17, 15) is 0 Å². The van der Waals surface area contributed by atoms with Gasteiger partial charge in [0, 0.05) is 22.1 Å². The quantitative estimate of drug-likeness (QED) is 0.620. The molecule has 2 atom stereocenters. The number of unbranched alkanes of at least 4 members (excludes halogenated alkanes) is 1. The van der Waals surface area contributed by atoms with Crippen LogP contribution in [-0.2, 0) is 0 Å². The van der Waals surface area contributed by atoms with Gasteiger partial charge in [-0.05, 0) is 43.5 Å². The number of benzene rings is 1. The van der Waals surface area contributed by atoms with Crippen molar-refractivity contribution in [2.45, 2.75) is 65.0 Å². The van der Waals surface area contributed by atoms with Crippen LogP contribution in [0.5, 0.6) is 0 Å². The largest absolute Gasteiger partial charge is 0.307 e. The number of hydrogen-bond donors (Lipinski definition) is 1. The Balaban J connectivity index is 2.69. The first kappa shape index (κ1) is 16.8. The Morgan fingerprint density at radius 2 is 1.84 bits per heavy atom. The van der Waals surface area contributed by atoms with Crippen molar-refractivity contribution in [3.05, 3.63) is 33.8 Å². The minimum absolute atomic E-state index is 0.236. The maximum atomic E-state index is 6.26. The maximum Gasteiger partial charge on any atom is 0.0454 e. The highest BCUT2D eigenvalue weighted by molar-refractivity contribution is 6.33. The van der Waals surface area contributed by atoms with Gasteiger partial charge in [0.05, 0.1) is 0 Å². The van der Waals surface area contributed by atoms with Gasteiger partial charge in [-0.1, -0.05) is 56.3 Å². The van der Waals surface area contributed by atoms with E-state index >= 15 is 0 Å². The third kappa shape index (κ3) is 5.72. The first-order chi connectivity index (χ1) is 9.08. The molecule has 0 aromatic heterocycles. The summed E-state index contributed by atoms with van der Waals surface area (Å²) in [6, 6.07) is 6.47. The summed E-state index contributed by atoms with van der Waals surface area (Å²) in [5.41, 5.74) is 1.09. The van der Waals surface area contributed by atoms with E-state index in [4.69, 9.17) is 23.2 Å². The first-order valence-corrected chi connectivity index (χ1v) is 8.05. The van der Waals surface area contributed by atoms with Crippen LogP contribution in [0.15, 0.2) is 18.2 Å². The number of nitrogens with one attached hydrogen (secondary N) is 1. The molecule has 1 N–H and O–H groups in total. The predicted molar refractivity (Wildman–Crippen MR) is 86.2 cm³/mol. The summed E-state index contributed by atoms with van der Waals surface area (Å²) in [4.78, 5) is 0. The number of halogens is 2. The van der Waals surface area contributed by atoms with Crippen molar-refractivity contribution >= 4 is 23.2 Å². The Kier molecular flexibility index (Phi) is 7.82. The highest BCUT2D eigenvalue weighted by Gasteiger charge is 2.15. The first-order valence-electron chi connectivity index (χ1n) is 7.29. The molecule has 1 nitrogen and oxygen atoms in total. The Bertz CT molecular complexity index is 379. The smallest absolute Gasteiger partial charge is 0.0454 e. The molecule has 2 unspecified atom stereocenters. The van der Waals surface area contributed by atoms with Crippen LogP contribution in [0.1, 0.15) is 64.5 Å². The van der Waals surface area contributed by atoms with E-state index in [-0.39, 0.29) is 6.04 Å². The van der Waals surface area contributed by atoms with Crippen LogP contribution in [0.25, 0.3) is 0 Å². The predicted octanol–water partition coefficient (Wildman–Crippen LogP) is 6.00. The van der Waals surface area contributed by atoms with Crippen LogP contribution in [0.4, 0.5) is 0 Å². The highest BCUT2D eigenvalue weighted by Crippen LogP contribution is 2.27. The molecule has 0 amide bonds. The standard InChI is InChI=1S/C16H25Cl2N/c1-4-6-8-14(7-5-2)19-12(3)15-11-13(17)9-10-16(15)18/h9-12,14,19H,4-8H2,1-3H3. The van der Waals surface area contributed by atoms with Gasteiger partial charge in [0.1, 0.15) is 0 Å². The van der Waals surface area contributed by atoms with E-state index in [2.05, 4.69) is 26.1 Å². The molecule has 19 heavy (non-hydrogen) atoms. The molecule has 0 spiro atoms. The zero-order valence-corrected chi connectivity index (χ0v) is 13.7. The minimum atomic E-state index is 0.236. The molecular formula is C16H25Cl2N. The zero-order chi connectivity index (χ0) is 14.3. The van der Waals surface area contributed by atoms with Gasteiger partial charge in [0.15, 0.2) is 0 Å². The molecule has 1 aromatic rings. The summed E-state index contributed by atoms with van der Waals surface area (Å²) < 4.78 is 0. The molecule has 0 heterocycles. The van der Waals surface area contributed by atoms with Gasteiger partial charge >= 0.3 is 0 Å². The second-order valence-electron chi connectivity index (χ2n) is 5.18. The Morgan fingerprint density at radius 1 is 1.11 bits per heavy atom. The SMILES string of the molecule is CCCCC(CCC)NC(C)c1cc(Cl)ccc1Cl. The molecule has 0 saturated heterocycles. The fourth-order valence-electron chi connectivity index (χ4n) is 2.40. The summed E-state index contributed by atoms with van der Waals surface area (Å²) in [5, 5.41) is 5.23. The fraction of sp³-hybridized carbons (Fsp3) is 0.625. The third-order valence-electron chi connectivity index (χ3n) is 3.45. The van der Waals surface area contributed by atoms with Gasteiger partial charge in [-0.15, -0.1) is 0 Å². The van der Waals surface area contributed by atoms with E-state index in [1.807, 2.05) is 18.2 Å².